The second kappa shape index (κ2) is 2.63. The summed E-state index contributed by atoms with van der Waals surface area (Å²) in [5.74, 6) is -0.0206. The first-order chi connectivity index (χ1) is 7.27. The van der Waals surface area contributed by atoms with Crippen molar-refractivity contribution in [2.75, 3.05) is 0 Å². The summed E-state index contributed by atoms with van der Waals surface area (Å²) in [6.45, 7) is 0. The molecule has 1 aromatic carbocycles. The molecule has 0 aliphatic heterocycles. The largest absolute Gasteiger partial charge is 0.504 e. The predicted molar refractivity (Wildman–Crippen MR) is 56.0 cm³/mol. The van der Waals surface area contributed by atoms with Crippen molar-refractivity contribution >= 4 is 21.7 Å². The summed E-state index contributed by atoms with van der Waals surface area (Å²) >= 11 is 0. The molecule has 2 N–H and O–H groups in total. The Hall–Kier alpha value is -2.23. The number of nitrogens with one attached hydrogen (secondary N) is 1. The third-order valence-electron chi connectivity index (χ3n) is 2.44. The van der Waals surface area contributed by atoms with E-state index in [4.69, 9.17) is 4.42 Å². The molecular weight excluding hydrogens is 194 g/mol. The second-order valence-corrected chi connectivity index (χ2v) is 3.33. The van der Waals surface area contributed by atoms with Gasteiger partial charge >= 0.3 is 5.63 Å². The highest BCUT2D eigenvalue weighted by Gasteiger charge is 2.09. The van der Waals surface area contributed by atoms with E-state index in [0.717, 1.165) is 10.8 Å². The van der Waals surface area contributed by atoms with Crippen LogP contribution in [0.25, 0.3) is 21.7 Å². The van der Waals surface area contributed by atoms with Crippen LogP contribution in [0.1, 0.15) is 0 Å². The lowest BCUT2D eigenvalue weighted by Crippen LogP contribution is -1.97. The van der Waals surface area contributed by atoms with Crippen molar-refractivity contribution in [3.63, 3.8) is 0 Å². The van der Waals surface area contributed by atoms with Gasteiger partial charge in [0.05, 0.1) is 5.39 Å². The third-order valence-corrected chi connectivity index (χ3v) is 2.44. The van der Waals surface area contributed by atoms with Gasteiger partial charge in [-0.1, -0.05) is 12.1 Å². The van der Waals surface area contributed by atoms with Crippen molar-refractivity contribution in [1.82, 2.24) is 4.98 Å². The maximum absolute atomic E-state index is 11.5. The van der Waals surface area contributed by atoms with E-state index in [1.807, 2.05) is 0 Å². The third kappa shape index (κ3) is 0.985. The molecule has 3 aromatic rings. The Bertz CT molecular complexity index is 708. The lowest BCUT2D eigenvalue weighted by atomic mass is 10.1. The van der Waals surface area contributed by atoms with Gasteiger partial charge in [-0.2, -0.15) is 0 Å². The van der Waals surface area contributed by atoms with Crippen molar-refractivity contribution < 1.29 is 9.52 Å². The first-order valence-corrected chi connectivity index (χ1v) is 4.48. The van der Waals surface area contributed by atoms with Crippen LogP contribution in [-0.4, -0.2) is 10.1 Å². The second-order valence-electron chi connectivity index (χ2n) is 3.33. The van der Waals surface area contributed by atoms with Crippen LogP contribution in [0.4, 0.5) is 0 Å². The first kappa shape index (κ1) is 8.11. The maximum Gasteiger partial charge on any atom is 0.345 e. The molecule has 3 rings (SSSR count). The topological polar surface area (TPSA) is 66.2 Å². The van der Waals surface area contributed by atoms with Crippen LogP contribution in [0, 0.1) is 0 Å². The molecule has 74 valence electrons. The molecule has 0 saturated carbocycles. The molecule has 0 atom stereocenters. The number of hydrogen-bond donors (Lipinski definition) is 2. The number of fused-ring (bicyclic) bond motifs is 3. The van der Waals surface area contributed by atoms with Gasteiger partial charge in [0.2, 0.25) is 0 Å². The van der Waals surface area contributed by atoms with Crippen molar-refractivity contribution in [2.45, 2.75) is 0 Å². The molecule has 0 unspecified atom stereocenters. The number of hydrogen-bond acceptors (Lipinski definition) is 3. The summed E-state index contributed by atoms with van der Waals surface area (Å²) in [6.07, 6.45) is 3.30. The van der Waals surface area contributed by atoms with Gasteiger partial charge in [-0.3, -0.25) is 0 Å². The smallest absolute Gasteiger partial charge is 0.345 e. The monoisotopic (exact) mass is 201 g/mol. The van der Waals surface area contributed by atoms with Gasteiger partial charge in [0.15, 0.2) is 11.3 Å². The summed E-state index contributed by atoms with van der Waals surface area (Å²) in [5, 5.41) is 11.5. The number of para-hydroxylation sites is 1. The van der Waals surface area contributed by atoms with Crippen LogP contribution >= 0.6 is 0 Å². The molecule has 2 aromatic heterocycles. The summed E-state index contributed by atoms with van der Waals surface area (Å²) in [7, 11) is 0. The Balaban J connectivity index is 2.72. The van der Waals surface area contributed by atoms with Gasteiger partial charge in [-0.25, -0.2) is 4.79 Å². The quantitative estimate of drug-likeness (QED) is 0.546. The van der Waals surface area contributed by atoms with E-state index < -0.39 is 5.63 Å². The standard InChI is InChI=1S/C11H7NO3/c13-9-3-1-2-6-7-4-12-5-8(7)11(14)15-10(6)9/h1-5,12-13H. The molecule has 0 spiro atoms. The van der Waals surface area contributed by atoms with Gasteiger partial charge in [-0.05, 0) is 6.07 Å². The van der Waals surface area contributed by atoms with Crippen LogP contribution in [-0.2, 0) is 0 Å². The number of H-pyrrole nitrogens is 1. The summed E-state index contributed by atoms with van der Waals surface area (Å²) < 4.78 is 5.04. The van der Waals surface area contributed by atoms with E-state index in [1.54, 1.807) is 24.5 Å². The fourth-order valence-corrected chi connectivity index (χ4v) is 1.75. The highest BCUT2D eigenvalue weighted by molar-refractivity contribution is 6.05. The number of aromatic nitrogens is 1. The minimum Gasteiger partial charge on any atom is -0.504 e. The zero-order valence-corrected chi connectivity index (χ0v) is 7.65. The van der Waals surface area contributed by atoms with Crippen molar-refractivity contribution in [2.24, 2.45) is 0 Å². The first-order valence-electron chi connectivity index (χ1n) is 4.48. The van der Waals surface area contributed by atoms with Crippen LogP contribution in [0.15, 0.2) is 39.8 Å². The molecule has 0 aliphatic rings. The fourth-order valence-electron chi connectivity index (χ4n) is 1.75. The van der Waals surface area contributed by atoms with E-state index in [9.17, 15) is 9.90 Å². The van der Waals surface area contributed by atoms with Crippen molar-refractivity contribution in [1.29, 1.82) is 0 Å². The van der Waals surface area contributed by atoms with E-state index in [1.165, 1.54) is 6.07 Å². The van der Waals surface area contributed by atoms with Gasteiger partial charge in [0.1, 0.15) is 0 Å². The molecule has 0 fully saturated rings. The molecule has 0 bridgehead atoms. The van der Waals surface area contributed by atoms with Crippen LogP contribution < -0.4 is 5.63 Å². The Morgan fingerprint density at radius 2 is 1.93 bits per heavy atom. The highest BCUT2D eigenvalue weighted by atomic mass is 16.4. The number of phenolic OH excluding ortho intramolecular Hbond substituents is 1. The molecule has 0 amide bonds. The average Bonchev–Trinajstić information content (AvgIpc) is 2.69. The zero-order valence-electron chi connectivity index (χ0n) is 7.65. The predicted octanol–water partition coefficient (Wildman–Crippen LogP) is 1.98. The maximum atomic E-state index is 11.5. The Labute approximate surface area is 83.8 Å². The average molecular weight is 201 g/mol. The number of aromatic amines is 1. The summed E-state index contributed by atoms with van der Waals surface area (Å²) in [5.41, 5.74) is -0.213. The minimum absolute atomic E-state index is 0.0206. The molecule has 4 heteroatoms. The lowest BCUT2D eigenvalue weighted by Gasteiger charge is -1.99. The molecule has 0 radical (unpaired) electrons. The van der Waals surface area contributed by atoms with Crippen LogP contribution in [0.2, 0.25) is 0 Å². The molecule has 4 nitrogen and oxygen atoms in total. The Morgan fingerprint density at radius 3 is 2.80 bits per heavy atom. The highest BCUT2D eigenvalue weighted by Crippen LogP contribution is 2.28. The molecule has 2 heterocycles. The lowest BCUT2D eigenvalue weighted by molar-refractivity contribution is 0.458. The van der Waals surface area contributed by atoms with Crippen molar-refractivity contribution in [3.8, 4) is 5.75 Å². The SMILES string of the molecule is O=c1oc2c(O)cccc2c2c[nH]cc12. The van der Waals surface area contributed by atoms with Gasteiger partial charge in [-0.15, -0.1) is 0 Å². The number of benzene rings is 1. The minimum atomic E-state index is -0.444. The number of phenols is 1. The van der Waals surface area contributed by atoms with Crippen LogP contribution in [0.5, 0.6) is 5.75 Å². The Kier molecular flexibility index (Phi) is 1.42. The Morgan fingerprint density at radius 1 is 1.13 bits per heavy atom. The number of rotatable bonds is 0. The molecule has 15 heavy (non-hydrogen) atoms. The fraction of sp³-hybridized carbons (Fsp3) is 0. The van der Waals surface area contributed by atoms with Gasteiger partial charge < -0.3 is 14.5 Å². The van der Waals surface area contributed by atoms with E-state index in [2.05, 4.69) is 4.98 Å². The van der Waals surface area contributed by atoms with E-state index >= 15 is 0 Å². The van der Waals surface area contributed by atoms with Gasteiger partial charge in [0.25, 0.3) is 0 Å². The van der Waals surface area contributed by atoms with E-state index in [-0.39, 0.29) is 11.3 Å². The van der Waals surface area contributed by atoms with E-state index in [0.29, 0.717) is 5.39 Å². The molecular formula is C11H7NO3. The number of aromatic hydroxyl groups is 1. The summed E-state index contributed by atoms with van der Waals surface area (Å²) in [6, 6.07) is 5.00. The van der Waals surface area contributed by atoms with Crippen molar-refractivity contribution in [3.05, 3.63) is 41.0 Å². The molecule has 0 aliphatic carbocycles. The zero-order chi connectivity index (χ0) is 10.4. The van der Waals surface area contributed by atoms with Gasteiger partial charge in [0, 0.05) is 23.2 Å². The van der Waals surface area contributed by atoms with Crippen LogP contribution in [0.3, 0.4) is 0 Å². The molecule has 0 saturated heterocycles. The normalized spacial score (nSPS) is 11.2. The summed E-state index contributed by atoms with van der Waals surface area (Å²) in [4.78, 5) is 14.4.